The van der Waals surface area contributed by atoms with Crippen LogP contribution in [0, 0.1) is 0 Å². The van der Waals surface area contributed by atoms with E-state index in [0.29, 0.717) is 26.2 Å². The summed E-state index contributed by atoms with van der Waals surface area (Å²) in [5.41, 5.74) is 0. The third-order valence-corrected chi connectivity index (χ3v) is 4.98. The topological polar surface area (TPSA) is 92.8 Å². The molecule has 0 fully saturated rings. The van der Waals surface area contributed by atoms with Gasteiger partial charge >= 0.3 is 0 Å². The lowest BCUT2D eigenvalue weighted by atomic mass is 10.0. The van der Waals surface area contributed by atoms with Crippen LogP contribution in [0.15, 0.2) is 0 Å². The second kappa shape index (κ2) is 18.8. The first-order valence-electron chi connectivity index (χ1n) is 11.4. The molecule has 0 aliphatic heterocycles. The van der Waals surface area contributed by atoms with Crippen LogP contribution in [0.4, 0.5) is 0 Å². The lowest BCUT2D eigenvalue weighted by molar-refractivity contribution is -0.121. The van der Waals surface area contributed by atoms with Gasteiger partial charge in [-0.2, -0.15) is 0 Å². The van der Waals surface area contributed by atoms with Gasteiger partial charge in [0.2, 0.25) is 5.91 Å². The molecular formula is C21H41N5O2. The quantitative estimate of drug-likeness (QED) is 0.320. The lowest BCUT2D eigenvalue weighted by Crippen LogP contribution is -2.26. The predicted molar refractivity (Wildman–Crippen MR) is 112 cm³/mol. The number of aryl methyl sites for hydroxylation is 1. The van der Waals surface area contributed by atoms with Gasteiger partial charge in [0.25, 0.3) is 0 Å². The summed E-state index contributed by atoms with van der Waals surface area (Å²) in [6.07, 6.45) is 18.3. The normalized spacial score (nSPS) is 11.0. The summed E-state index contributed by atoms with van der Waals surface area (Å²) in [5.74, 6) is 1.07. The lowest BCUT2D eigenvalue weighted by Gasteiger charge is -2.05. The van der Waals surface area contributed by atoms with Gasteiger partial charge in [-0.3, -0.25) is 4.79 Å². The van der Waals surface area contributed by atoms with Crippen molar-refractivity contribution in [3.8, 4) is 0 Å². The molecule has 0 spiro atoms. The molecule has 0 atom stereocenters. The molecule has 0 radical (unpaired) electrons. The van der Waals surface area contributed by atoms with Gasteiger partial charge in [-0.1, -0.05) is 70.6 Å². The van der Waals surface area contributed by atoms with Crippen molar-refractivity contribution in [3.05, 3.63) is 5.82 Å². The minimum absolute atomic E-state index is 0.162. The van der Waals surface area contributed by atoms with E-state index < -0.39 is 0 Å². The van der Waals surface area contributed by atoms with E-state index in [4.69, 9.17) is 4.74 Å². The van der Waals surface area contributed by atoms with Gasteiger partial charge in [0, 0.05) is 26.0 Å². The van der Waals surface area contributed by atoms with Crippen molar-refractivity contribution in [2.45, 2.75) is 103 Å². The van der Waals surface area contributed by atoms with Crippen molar-refractivity contribution >= 4 is 5.91 Å². The monoisotopic (exact) mass is 395 g/mol. The van der Waals surface area contributed by atoms with E-state index in [1.807, 2.05) is 6.92 Å². The summed E-state index contributed by atoms with van der Waals surface area (Å²) in [6.45, 7) is 3.92. The molecule has 162 valence electrons. The molecule has 0 aromatic carbocycles. The Kier molecular flexibility index (Phi) is 16.5. The summed E-state index contributed by atoms with van der Waals surface area (Å²) in [4.78, 5) is 11.6. The van der Waals surface area contributed by atoms with E-state index in [1.54, 1.807) is 0 Å². The first kappa shape index (κ1) is 24.5. The molecule has 0 saturated carbocycles. The van der Waals surface area contributed by atoms with Crippen LogP contribution in [0.2, 0.25) is 0 Å². The Hall–Kier alpha value is -1.50. The number of aromatic amines is 1. The highest BCUT2D eigenvalue weighted by Crippen LogP contribution is 2.13. The highest BCUT2D eigenvalue weighted by atomic mass is 16.5. The SMILES string of the molecule is CCOCCNC(=O)CCCCCCCCCCCCCCCc1nnn[nH]1. The molecule has 7 heteroatoms. The number of amides is 1. The molecule has 0 aliphatic carbocycles. The van der Waals surface area contributed by atoms with E-state index in [2.05, 4.69) is 25.9 Å². The van der Waals surface area contributed by atoms with Crippen molar-refractivity contribution in [3.63, 3.8) is 0 Å². The summed E-state index contributed by atoms with van der Waals surface area (Å²) in [7, 11) is 0. The average molecular weight is 396 g/mol. The molecule has 1 heterocycles. The first-order valence-corrected chi connectivity index (χ1v) is 11.4. The molecule has 28 heavy (non-hydrogen) atoms. The number of tetrazole rings is 1. The van der Waals surface area contributed by atoms with Gasteiger partial charge in [0.05, 0.1) is 6.61 Å². The van der Waals surface area contributed by atoms with Crippen LogP contribution < -0.4 is 5.32 Å². The molecular weight excluding hydrogens is 354 g/mol. The Morgan fingerprint density at radius 3 is 2.00 bits per heavy atom. The van der Waals surface area contributed by atoms with Crippen LogP contribution in [-0.4, -0.2) is 46.3 Å². The third kappa shape index (κ3) is 15.5. The van der Waals surface area contributed by atoms with Crippen molar-refractivity contribution in [2.75, 3.05) is 19.8 Å². The molecule has 2 N–H and O–H groups in total. The van der Waals surface area contributed by atoms with Crippen molar-refractivity contribution in [1.82, 2.24) is 25.9 Å². The van der Waals surface area contributed by atoms with Gasteiger partial charge in [0.15, 0.2) is 0 Å². The maximum Gasteiger partial charge on any atom is 0.220 e. The Bertz CT molecular complexity index is 454. The van der Waals surface area contributed by atoms with Crippen molar-refractivity contribution < 1.29 is 9.53 Å². The number of nitrogens with one attached hydrogen (secondary N) is 2. The largest absolute Gasteiger partial charge is 0.380 e. The molecule has 1 aromatic rings. The number of nitrogens with zero attached hydrogens (tertiary/aromatic N) is 3. The minimum Gasteiger partial charge on any atom is -0.380 e. The number of hydrogen-bond donors (Lipinski definition) is 2. The van der Waals surface area contributed by atoms with Crippen LogP contribution in [-0.2, 0) is 16.0 Å². The molecule has 0 aliphatic rings. The maximum atomic E-state index is 11.6. The Balaban J connectivity index is 1.70. The van der Waals surface area contributed by atoms with Gasteiger partial charge < -0.3 is 10.1 Å². The van der Waals surface area contributed by atoms with Gasteiger partial charge in [-0.25, -0.2) is 5.10 Å². The molecule has 1 aromatic heterocycles. The third-order valence-electron chi connectivity index (χ3n) is 4.98. The first-order chi connectivity index (χ1) is 13.8. The van der Waals surface area contributed by atoms with Crippen LogP contribution in [0.1, 0.15) is 103 Å². The van der Waals surface area contributed by atoms with Crippen molar-refractivity contribution in [2.24, 2.45) is 0 Å². The second-order valence-corrected chi connectivity index (χ2v) is 7.49. The van der Waals surface area contributed by atoms with E-state index >= 15 is 0 Å². The number of aromatic nitrogens is 4. The summed E-state index contributed by atoms with van der Waals surface area (Å²) >= 11 is 0. The van der Waals surface area contributed by atoms with Gasteiger partial charge in [-0.05, 0) is 30.2 Å². The molecule has 0 saturated heterocycles. The number of unbranched alkanes of at least 4 members (excludes halogenated alkanes) is 12. The minimum atomic E-state index is 0.162. The smallest absolute Gasteiger partial charge is 0.220 e. The Morgan fingerprint density at radius 1 is 0.893 bits per heavy atom. The summed E-state index contributed by atoms with van der Waals surface area (Å²) < 4.78 is 5.20. The predicted octanol–water partition coefficient (Wildman–Crippen LogP) is 4.36. The number of hydrogen-bond acceptors (Lipinski definition) is 5. The number of H-pyrrole nitrogens is 1. The Labute approximate surface area is 170 Å². The molecule has 7 nitrogen and oxygen atoms in total. The highest BCUT2D eigenvalue weighted by molar-refractivity contribution is 5.75. The van der Waals surface area contributed by atoms with Gasteiger partial charge in [-0.15, -0.1) is 5.10 Å². The van der Waals surface area contributed by atoms with Crippen LogP contribution in [0.5, 0.6) is 0 Å². The molecule has 1 rings (SSSR count). The molecule has 1 amide bonds. The van der Waals surface area contributed by atoms with E-state index in [1.165, 1.54) is 77.0 Å². The fourth-order valence-corrected chi connectivity index (χ4v) is 3.30. The highest BCUT2D eigenvalue weighted by Gasteiger charge is 2.00. The number of ether oxygens (including phenoxy) is 1. The standard InChI is InChI=1S/C21H41N5O2/c1-2-28-19-18-22-21(27)17-15-13-11-9-7-5-3-4-6-8-10-12-14-16-20-23-25-26-24-20/h2-19H2,1H3,(H,22,27)(H,23,24,25,26). The fourth-order valence-electron chi connectivity index (χ4n) is 3.30. The molecule has 0 unspecified atom stereocenters. The maximum absolute atomic E-state index is 11.6. The van der Waals surface area contributed by atoms with Gasteiger partial charge in [0.1, 0.15) is 5.82 Å². The number of carbonyl (C=O) groups is 1. The van der Waals surface area contributed by atoms with E-state index in [0.717, 1.165) is 18.7 Å². The zero-order valence-electron chi connectivity index (χ0n) is 17.9. The molecule has 0 bridgehead atoms. The zero-order valence-corrected chi connectivity index (χ0v) is 17.9. The van der Waals surface area contributed by atoms with Crippen LogP contribution in [0.3, 0.4) is 0 Å². The zero-order chi connectivity index (χ0) is 20.1. The Morgan fingerprint density at radius 2 is 1.46 bits per heavy atom. The summed E-state index contributed by atoms with van der Waals surface area (Å²) in [5, 5.41) is 16.8. The van der Waals surface area contributed by atoms with Crippen LogP contribution in [0.25, 0.3) is 0 Å². The summed E-state index contributed by atoms with van der Waals surface area (Å²) in [6, 6.07) is 0. The van der Waals surface area contributed by atoms with E-state index in [-0.39, 0.29) is 5.91 Å². The van der Waals surface area contributed by atoms with E-state index in [9.17, 15) is 4.79 Å². The van der Waals surface area contributed by atoms with Crippen molar-refractivity contribution in [1.29, 1.82) is 0 Å². The number of rotatable bonds is 20. The average Bonchev–Trinajstić information content (AvgIpc) is 3.22. The van der Waals surface area contributed by atoms with Crippen LogP contribution >= 0.6 is 0 Å². The fraction of sp³-hybridized carbons (Fsp3) is 0.905. The number of carbonyl (C=O) groups excluding carboxylic acids is 1. The second-order valence-electron chi connectivity index (χ2n) is 7.49.